The molecule has 0 N–H and O–H groups in total. The lowest BCUT2D eigenvalue weighted by Gasteiger charge is -2.21. The van der Waals surface area contributed by atoms with E-state index in [1.165, 1.54) is 86.2 Å². The molecule has 2 fully saturated rings. The van der Waals surface area contributed by atoms with Gasteiger partial charge >= 0.3 is 0 Å². The largest absolute Gasteiger partial charge is 0.270 e. The van der Waals surface area contributed by atoms with E-state index in [1.807, 2.05) is 0 Å². The molecule has 0 unspecified atom stereocenters. The molecule has 0 bridgehead atoms. The van der Waals surface area contributed by atoms with E-state index in [9.17, 15) is 0 Å². The summed E-state index contributed by atoms with van der Waals surface area (Å²) in [4.78, 5) is 0. The summed E-state index contributed by atoms with van der Waals surface area (Å²) in [6, 6.07) is 20.1. The molecule has 2 nitrogen and oxygen atoms in total. The molecule has 2 aliphatic carbocycles. The van der Waals surface area contributed by atoms with Crippen LogP contribution in [-0.2, 0) is 0 Å². The lowest BCUT2D eigenvalue weighted by Crippen LogP contribution is -2.40. The molecule has 0 saturated heterocycles. The second kappa shape index (κ2) is 8.41. The molecule has 2 aromatic carbocycles. The van der Waals surface area contributed by atoms with Gasteiger partial charge in [0, 0.05) is 12.8 Å². The topological polar surface area (TPSA) is 8.81 Å². The molecule has 2 heteroatoms. The van der Waals surface area contributed by atoms with Gasteiger partial charge in [-0.1, -0.05) is 68.5 Å². The van der Waals surface area contributed by atoms with Gasteiger partial charge < -0.3 is 0 Å². The summed E-state index contributed by atoms with van der Waals surface area (Å²) in [5, 5.41) is 0. The first-order valence-corrected chi connectivity index (χ1v) is 12.0. The molecular weight excluding hydrogens is 364 g/mol. The molecule has 2 saturated carbocycles. The molecule has 5 rings (SSSR count). The Bertz CT molecular complexity index is 1000. The smallest absolute Gasteiger partial charge is 0.196 e. The number of benzene rings is 2. The van der Waals surface area contributed by atoms with Crippen LogP contribution in [0.4, 0.5) is 0 Å². The number of para-hydroxylation sites is 2. The Hall–Kier alpha value is -2.35. The number of aromatic nitrogens is 2. The molecule has 0 radical (unpaired) electrons. The summed E-state index contributed by atoms with van der Waals surface area (Å²) >= 11 is 0. The molecule has 156 valence electrons. The third kappa shape index (κ3) is 3.41. The standard InChI is InChI=1S/C28H35N2/c1-21-13-9-12-20-26(21)29-22(2)27(23-14-10-11-15-23)30(25-18-7-4-8-19-25)28(29)24-16-5-3-6-17-24/h4,7-9,12-13,18-20,23-24H,3,5-6,10-11,14-17H2,1-2H3/q+1. The molecule has 1 heterocycles. The minimum atomic E-state index is 0.632. The normalized spacial score (nSPS) is 18.2. The first-order chi connectivity index (χ1) is 14.8. The summed E-state index contributed by atoms with van der Waals surface area (Å²) < 4.78 is 5.33. The number of rotatable bonds is 4. The second-order valence-electron chi connectivity index (χ2n) is 9.44. The van der Waals surface area contributed by atoms with Crippen LogP contribution in [0.2, 0.25) is 0 Å². The number of nitrogens with zero attached hydrogens (tertiary/aromatic N) is 2. The maximum absolute atomic E-state index is 2.69. The first kappa shape index (κ1) is 19.6. The van der Waals surface area contributed by atoms with E-state index >= 15 is 0 Å². The van der Waals surface area contributed by atoms with Crippen molar-refractivity contribution in [2.24, 2.45) is 0 Å². The number of imidazole rings is 1. The van der Waals surface area contributed by atoms with Crippen molar-refractivity contribution in [3.05, 3.63) is 77.4 Å². The van der Waals surface area contributed by atoms with Crippen LogP contribution in [0, 0.1) is 13.8 Å². The highest BCUT2D eigenvalue weighted by molar-refractivity contribution is 5.40. The van der Waals surface area contributed by atoms with E-state index in [2.05, 4.69) is 77.6 Å². The quantitative estimate of drug-likeness (QED) is 0.415. The van der Waals surface area contributed by atoms with Crippen molar-refractivity contribution in [3.8, 4) is 11.4 Å². The maximum Gasteiger partial charge on any atom is 0.270 e. The first-order valence-electron chi connectivity index (χ1n) is 12.0. The van der Waals surface area contributed by atoms with Crippen LogP contribution in [0.15, 0.2) is 54.6 Å². The summed E-state index contributed by atoms with van der Waals surface area (Å²) in [5.74, 6) is 2.83. The van der Waals surface area contributed by atoms with Crippen molar-refractivity contribution in [2.75, 3.05) is 0 Å². The van der Waals surface area contributed by atoms with Gasteiger partial charge in [0.15, 0.2) is 5.69 Å². The van der Waals surface area contributed by atoms with Crippen molar-refractivity contribution >= 4 is 0 Å². The Kier molecular flexibility index (Phi) is 5.50. The van der Waals surface area contributed by atoms with Crippen LogP contribution in [0.3, 0.4) is 0 Å². The second-order valence-corrected chi connectivity index (χ2v) is 9.44. The Morgan fingerprint density at radius 3 is 2.00 bits per heavy atom. The molecule has 0 spiro atoms. The van der Waals surface area contributed by atoms with Crippen LogP contribution < -0.4 is 4.57 Å². The van der Waals surface area contributed by atoms with E-state index in [4.69, 9.17) is 0 Å². The average Bonchev–Trinajstić information content (AvgIpc) is 3.41. The van der Waals surface area contributed by atoms with E-state index in [0.29, 0.717) is 11.8 Å². The molecule has 2 aliphatic rings. The predicted molar refractivity (Wildman–Crippen MR) is 124 cm³/mol. The summed E-state index contributed by atoms with van der Waals surface area (Å²) in [7, 11) is 0. The van der Waals surface area contributed by atoms with Gasteiger partial charge in [-0.25, -0.2) is 0 Å². The zero-order valence-electron chi connectivity index (χ0n) is 18.6. The van der Waals surface area contributed by atoms with Crippen molar-refractivity contribution in [3.63, 3.8) is 0 Å². The fourth-order valence-corrected chi connectivity index (χ4v) is 6.04. The lowest BCUT2D eigenvalue weighted by atomic mass is 9.88. The minimum Gasteiger partial charge on any atom is -0.196 e. The van der Waals surface area contributed by atoms with Gasteiger partial charge in [0.2, 0.25) is 0 Å². The Balaban J connectivity index is 1.82. The highest BCUT2D eigenvalue weighted by Gasteiger charge is 2.39. The third-order valence-corrected chi connectivity index (χ3v) is 7.49. The monoisotopic (exact) mass is 399 g/mol. The highest BCUT2D eigenvalue weighted by Crippen LogP contribution is 2.41. The molecule has 3 aromatic rings. The summed E-state index contributed by atoms with van der Waals surface area (Å²) in [5.41, 5.74) is 7.11. The average molecular weight is 400 g/mol. The number of hydrogen-bond donors (Lipinski definition) is 0. The van der Waals surface area contributed by atoms with Gasteiger partial charge in [-0.15, -0.1) is 0 Å². The molecule has 0 amide bonds. The van der Waals surface area contributed by atoms with E-state index < -0.39 is 0 Å². The highest BCUT2D eigenvalue weighted by atomic mass is 15.2. The van der Waals surface area contributed by atoms with E-state index in [0.717, 1.165) is 0 Å². The Labute approximate surface area is 181 Å². The van der Waals surface area contributed by atoms with E-state index in [1.54, 1.807) is 5.69 Å². The van der Waals surface area contributed by atoms with Gasteiger partial charge in [-0.05, 0) is 56.4 Å². The fourth-order valence-electron chi connectivity index (χ4n) is 6.04. The van der Waals surface area contributed by atoms with Crippen LogP contribution in [0.5, 0.6) is 0 Å². The number of hydrogen-bond acceptors (Lipinski definition) is 0. The van der Waals surface area contributed by atoms with Gasteiger partial charge in [-0.3, -0.25) is 0 Å². The van der Waals surface area contributed by atoms with Crippen LogP contribution in [-0.4, -0.2) is 4.57 Å². The predicted octanol–water partition coefficient (Wildman–Crippen LogP) is 7.08. The van der Waals surface area contributed by atoms with Gasteiger partial charge in [0.25, 0.3) is 5.82 Å². The summed E-state index contributed by atoms with van der Waals surface area (Å²) in [6.45, 7) is 4.65. The molecule has 30 heavy (non-hydrogen) atoms. The Morgan fingerprint density at radius 2 is 1.30 bits per heavy atom. The van der Waals surface area contributed by atoms with Crippen LogP contribution >= 0.6 is 0 Å². The number of aryl methyl sites for hydroxylation is 1. The minimum absolute atomic E-state index is 0.632. The maximum atomic E-state index is 2.69. The van der Waals surface area contributed by atoms with E-state index in [-0.39, 0.29) is 0 Å². The van der Waals surface area contributed by atoms with Gasteiger partial charge in [-0.2, -0.15) is 9.13 Å². The molecule has 1 aromatic heterocycles. The van der Waals surface area contributed by atoms with Crippen LogP contribution in [0.1, 0.15) is 92.4 Å². The van der Waals surface area contributed by atoms with Gasteiger partial charge in [0.05, 0.1) is 5.92 Å². The third-order valence-electron chi connectivity index (χ3n) is 7.49. The molecule has 0 aliphatic heterocycles. The molecule has 0 atom stereocenters. The fraction of sp³-hybridized carbons (Fsp3) is 0.464. The molecular formula is C28H35N2+. The SMILES string of the molecule is Cc1ccccc1-[n+]1c(C)c(C2CCCC2)n(-c2ccccc2)c1C1CCCCC1. The zero-order chi connectivity index (χ0) is 20.5. The Morgan fingerprint density at radius 1 is 0.700 bits per heavy atom. The van der Waals surface area contributed by atoms with Crippen LogP contribution in [0.25, 0.3) is 11.4 Å². The lowest BCUT2D eigenvalue weighted by molar-refractivity contribution is -0.612. The van der Waals surface area contributed by atoms with Gasteiger partial charge in [0.1, 0.15) is 17.1 Å². The van der Waals surface area contributed by atoms with Crippen molar-refractivity contribution in [2.45, 2.75) is 83.5 Å². The van der Waals surface area contributed by atoms with Crippen molar-refractivity contribution in [1.29, 1.82) is 0 Å². The van der Waals surface area contributed by atoms with Crippen molar-refractivity contribution in [1.82, 2.24) is 4.57 Å². The van der Waals surface area contributed by atoms with Crippen molar-refractivity contribution < 1.29 is 4.57 Å². The zero-order valence-corrected chi connectivity index (χ0v) is 18.6. The summed E-state index contributed by atoms with van der Waals surface area (Å²) in [6.07, 6.45) is 12.1.